The summed E-state index contributed by atoms with van der Waals surface area (Å²) < 4.78 is 145. The van der Waals surface area contributed by atoms with Gasteiger partial charge >= 0.3 is 118 Å². The summed E-state index contributed by atoms with van der Waals surface area (Å²) in [6, 6.07) is 24.9. The van der Waals surface area contributed by atoms with E-state index in [9.17, 15) is 56.7 Å². The van der Waals surface area contributed by atoms with Crippen LogP contribution in [0.25, 0.3) is 38.4 Å². The maximum absolute atomic E-state index is 13.4. The summed E-state index contributed by atoms with van der Waals surface area (Å²) in [6.45, 7) is 0. The van der Waals surface area contributed by atoms with Gasteiger partial charge < -0.3 is 23.9 Å². The average Bonchev–Trinajstić information content (AvgIpc) is 3.22. The predicted molar refractivity (Wildman–Crippen MR) is 228 cm³/mol. The summed E-state index contributed by atoms with van der Waals surface area (Å²) in [7, 11) is -20.6. The molecule has 0 aromatic heterocycles. The minimum absolute atomic E-state index is 0. The number of nitrogens with one attached hydrogen (secondary N) is 1. The Morgan fingerprint density at radius 2 is 1.04 bits per heavy atom. The third-order valence-corrected chi connectivity index (χ3v) is 13.2. The quantitative estimate of drug-likeness (QED) is 0.0425. The van der Waals surface area contributed by atoms with Gasteiger partial charge in [-0.2, -0.15) is 10.2 Å². The molecule has 0 bridgehead atoms. The van der Waals surface area contributed by atoms with Crippen molar-refractivity contribution in [2.45, 2.75) is 14.7 Å². The number of nitrogens with zero attached hydrogens (tertiary/aromatic N) is 5. The van der Waals surface area contributed by atoms with Crippen molar-refractivity contribution in [3.63, 3.8) is 0 Å². The number of hydrogen-bond acceptors (Lipinski definition) is 20. The molecule has 7 aromatic carbocycles. The van der Waals surface area contributed by atoms with Gasteiger partial charge in [-0.15, -0.1) is 15.3 Å². The summed E-state index contributed by atoms with van der Waals surface area (Å²) >= 11 is 0. The number of ketones is 1. The van der Waals surface area contributed by atoms with Crippen LogP contribution in [-0.4, -0.2) is 63.4 Å². The Labute approximate surface area is 475 Å². The van der Waals surface area contributed by atoms with Crippen molar-refractivity contribution in [1.82, 2.24) is 0 Å². The number of fused-ring (bicyclic) bond motifs is 4. The molecule has 0 atom stereocenters. The van der Waals surface area contributed by atoms with Crippen molar-refractivity contribution >= 4 is 124 Å². The molecule has 0 saturated carbocycles. The Bertz CT molecular complexity index is 3820. The molecule has 68 heavy (non-hydrogen) atoms. The molecule has 0 spiro atoms. The number of nitrogens with two attached hydrogens (primary N) is 1. The van der Waals surface area contributed by atoms with Crippen molar-refractivity contribution in [3.8, 4) is 0 Å². The fraction of sp³-hybridized carbons (Fsp3) is 0. The van der Waals surface area contributed by atoms with Crippen LogP contribution in [0.2, 0.25) is 0 Å². The smallest absolute Gasteiger partial charge is 0.744 e. The number of nitrogen functional groups attached to an aromatic ring is 1. The van der Waals surface area contributed by atoms with Crippen molar-refractivity contribution in [2.24, 2.45) is 25.6 Å². The Morgan fingerprint density at radius 1 is 0.485 bits per heavy atom. The second-order valence-corrected chi connectivity index (χ2v) is 19.2. The number of Topliss-reactive ketones (excluding diaryl/α,β-unsaturated/α-hetero) is 1. The summed E-state index contributed by atoms with van der Waals surface area (Å²) in [4.78, 5) is 10.2. The summed E-state index contributed by atoms with van der Waals surface area (Å²) in [5, 5.41) is 21.4. The number of benzene rings is 7. The molecule has 1 aliphatic carbocycles. The van der Waals surface area contributed by atoms with Gasteiger partial charge in [-0.1, -0.05) is 42.5 Å². The van der Waals surface area contributed by atoms with E-state index in [1.807, 2.05) is 0 Å². The third kappa shape index (κ3) is 12.1. The predicted octanol–water partition coefficient (Wildman–Crippen LogP) is -5.16. The van der Waals surface area contributed by atoms with E-state index in [1.165, 1.54) is 54.6 Å². The zero-order chi connectivity index (χ0) is 45.9. The van der Waals surface area contributed by atoms with Crippen LogP contribution in [-0.2, 0) is 40.5 Å². The normalized spacial score (nSPS) is 13.7. The minimum atomic E-state index is -5.27. The SMILES string of the molecule is Nc1ccc2c(c1)C=C(S(=O)(=O)[O-])C(=NNc1ccc(N=Nc3ccc(N=Nc4cc(S(=O)(=O)[O-])c5cccc(S(=O)(=O)[O-])c5c4)c4ccccc34)c3ccc(S(=O)(=O)[O-])cc13)C2=O.[Na+].[Na+].[Na+].[Na+]. The number of allylic oxidation sites excluding steroid dienone is 1. The first kappa shape index (κ1) is 57.4. The van der Waals surface area contributed by atoms with Crippen LogP contribution in [0, 0.1) is 0 Å². The zero-order valence-electron chi connectivity index (χ0n) is 35.8. The fourth-order valence-electron chi connectivity index (χ4n) is 6.87. The van der Waals surface area contributed by atoms with E-state index in [1.54, 1.807) is 24.3 Å². The van der Waals surface area contributed by atoms with E-state index in [0.717, 1.165) is 42.5 Å². The average molecular weight is 1030 g/mol. The number of azo groups is 2. The molecule has 20 nitrogen and oxygen atoms in total. The molecule has 3 N–H and O–H groups in total. The number of carbonyl (C=O) groups excluding carboxylic acids is 1. The van der Waals surface area contributed by atoms with E-state index < -0.39 is 71.6 Å². The van der Waals surface area contributed by atoms with Crippen LogP contribution in [0.4, 0.5) is 34.1 Å². The zero-order valence-corrected chi connectivity index (χ0v) is 47.1. The monoisotopic (exact) mass is 1030 g/mol. The molecule has 7 aromatic rings. The van der Waals surface area contributed by atoms with E-state index in [2.05, 4.69) is 31.0 Å². The van der Waals surface area contributed by atoms with Crippen molar-refractivity contribution < 1.29 is 175 Å². The largest absolute Gasteiger partial charge is 1.00 e. The summed E-state index contributed by atoms with van der Waals surface area (Å²) in [5.74, 6) is -0.929. The molecule has 0 amide bonds. The minimum Gasteiger partial charge on any atom is -0.744 e. The topological polar surface area (TPSA) is 346 Å². The first-order chi connectivity index (χ1) is 30.1. The van der Waals surface area contributed by atoms with Gasteiger partial charge in [0.25, 0.3) is 0 Å². The van der Waals surface area contributed by atoms with Gasteiger partial charge in [0.15, 0.2) is 0 Å². The fourth-order valence-corrected chi connectivity index (χ4v) is 9.41. The van der Waals surface area contributed by atoms with Crippen LogP contribution in [0.15, 0.2) is 160 Å². The molecule has 0 radical (unpaired) electrons. The van der Waals surface area contributed by atoms with Crippen LogP contribution < -0.4 is 129 Å². The molecule has 0 fully saturated rings. The van der Waals surface area contributed by atoms with Gasteiger partial charge in [-0.05, 0) is 84.4 Å². The Kier molecular flexibility index (Phi) is 18.6. The van der Waals surface area contributed by atoms with Gasteiger partial charge in [-0.25, -0.2) is 33.7 Å². The van der Waals surface area contributed by atoms with E-state index >= 15 is 0 Å². The second kappa shape index (κ2) is 22.1. The molecule has 0 saturated heterocycles. The van der Waals surface area contributed by atoms with Gasteiger partial charge in [-0.3, -0.25) is 10.2 Å². The van der Waals surface area contributed by atoms with Crippen LogP contribution in [0.5, 0.6) is 0 Å². The molecule has 28 heteroatoms. The van der Waals surface area contributed by atoms with Crippen molar-refractivity contribution in [3.05, 3.63) is 131 Å². The Morgan fingerprint density at radius 3 is 1.62 bits per heavy atom. The number of hydrazone groups is 1. The molecule has 0 unspecified atom stereocenters. The number of carbonyl (C=O) groups is 1. The first-order valence-electron chi connectivity index (χ1n) is 17.9. The van der Waals surface area contributed by atoms with Crippen LogP contribution in [0.1, 0.15) is 15.9 Å². The summed E-state index contributed by atoms with van der Waals surface area (Å²) in [6.07, 6.45) is 0.951. The summed E-state index contributed by atoms with van der Waals surface area (Å²) in [5.41, 5.74) is 8.08. The number of anilines is 2. The number of rotatable bonds is 10. The van der Waals surface area contributed by atoms with Crippen molar-refractivity contribution in [1.29, 1.82) is 0 Å². The van der Waals surface area contributed by atoms with Gasteiger partial charge in [0.1, 0.15) is 46.2 Å². The van der Waals surface area contributed by atoms with Gasteiger partial charge in [0.2, 0.25) is 5.78 Å². The standard InChI is InChI=1S/C40H27N7O13S4.4Na/c41-22-8-10-25-21(16-22)17-38(64(58,59)60)39(40(25)48)47-46-35-15-14-34(28-11-9-24(20-30(28)35)61(49,50)51)45-44-33-13-12-32(26-4-1-2-5-27(26)33)43-42-23-18-31-29(37(19-23)63(55,56)57)6-3-7-36(31)62(52,53)54;;;;/h1-20,46H,41H2,(H,49,50,51)(H,52,53,54)(H,55,56,57)(H,58,59,60);;;;/q;4*+1/p-4. The molecule has 8 rings (SSSR count). The van der Waals surface area contributed by atoms with E-state index in [-0.39, 0.29) is 185 Å². The third-order valence-electron chi connectivity index (χ3n) is 9.72. The molecule has 0 heterocycles. The Balaban J connectivity index is 0.00000252. The number of hydrogen-bond donors (Lipinski definition) is 2. The van der Waals surface area contributed by atoms with Crippen LogP contribution >= 0.6 is 0 Å². The van der Waals surface area contributed by atoms with E-state index in [4.69, 9.17) is 5.73 Å². The molecular formula is C40H23N7Na4O13S4. The molecule has 1 aliphatic rings. The molecular weight excluding hydrogens is 1010 g/mol. The van der Waals surface area contributed by atoms with E-state index in [0.29, 0.717) is 10.8 Å². The molecule has 0 aliphatic heterocycles. The first-order valence-corrected chi connectivity index (χ1v) is 23.5. The van der Waals surface area contributed by atoms with Crippen LogP contribution in [0.3, 0.4) is 0 Å². The molecule has 324 valence electrons. The van der Waals surface area contributed by atoms with Gasteiger partial charge in [0, 0.05) is 43.6 Å². The maximum Gasteiger partial charge on any atom is 1.00 e. The Hall–Kier alpha value is -3.16. The van der Waals surface area contributed by atoms with Crippen molar-refractivity contribution in [2.75, 3.05) is 11.2 Å². The maximum atomic E-state index is 13.4. The second-order valence-electron chi connectivity index (χ2n) is 13.8. The van der Waals surface area contributed by atoms with Gasteiger partial charge in [0.05, 0.1) is 48.0 Å².